The molecule has 5 rings (SSSR count). The van der Waals surface area contributed by atoms with Gasteiger partial charge in [-0.1, -0.05) is 14.6 Å². The first-order valence-electron chi connectivity index (χ1n) is 9.51. The lowest BCUT2D eigenvalue weighted by atomic mass is 10.1. The monoisotopic (exact) mass is 394 g/mol. The summed E-state index contributed by atoms with van der Waals surface area (Å²) in [7, 11) is 4.53. The van der Waals surface area contributed by atoms with Crippen LogP contribution in [0.2, 0.25) is 0 Å². The number of carbonyl (C=O) groups excluding carboxylic acids is 1. The van der Waals surface area contributed by atoms with Crippen LogP contribution in [0.5, 0.6) is 0 Å². The van der Waals surface area contributed by atoms with Gasteiger partial charge in [0.15, 0.2) is 0 Å². The average Bonchev–Trinajstić information content (AvgIpc) is 3.07. The zero-order valence-corrected chi connectivity index (χ0v) is 17.0. The zero-order valence-electron chi connectivity index (χ0n) is 16.0. The van der Waals surface area contributed by atoms with Crippen molar-refractivity contribution < 1.29 is 4.79 Å². The standard InChI is InChI=1S/C20H23N6OP/c1-23-5-7-25(8-6-23)18-13-26-19(27)10-17(28-20(26)11-21-18)14-3-4-16-15(9-14)12-24(2)22-16/h3-4,9-13,20,28H,5-8H2,1-2H3. The number of fused-ring (bicyclic) bond motifs is 2. The molecule has 0 bridgehead atoms. The topological polar surface area (TPSA) is 57.0 Å². The Kier molecular flexibility index (Phi) is 4.29. The van der Waals surface area contributed by atoms with E-state index in [9.17, 15) is 4.79 Å². The number of aryl methyl sites for hydroxylation is 1. The predicted octanol–water partition coefficient (Wildman–Crippen LogP) is 1.89. The van der Waals surface area contributed by atoms with Gasteiger partial charge in [-0.05, 0) is 30.1 Å². The van der Waals surface area contributed by atoms with E-state index in [0.29, 0.717) is 8.58 Å². The highest BCUT2D eigenvalue weighted by Gasteiger charge is 2.31. The molecule has 0 radical (unpaired) electrons. The van der Waals surface area contributed by atoms with Gasteiger partial charge >= 0.3 is 0 Å². The van der Waals surface area contributed by atoms with Crippen LogP contribution in [0.15, 0.2) is 47.5 Å². The first-order chi connectivity index (χ1) is 13.6. The van der Waals surface area contributed by atoms with Crippen LogP contribution in [0.25, 0.3) is 16.2 Å². The number of nitrogens with zero attached hydrogens (tertiary/aromatic N) is 6. The van der Waals surface area contributed by atoms with E-state index in [1.807, 2.05) is 41.3 Å². The Morgan fingerprint density at radius 1 is 1.14 bits per heavy atom. The van der Waals surface area contributed by atoms with Crippen molar-refractivity contribution in [3.63, 3.8) is 0 Å². The minimum Gasteiger partial charge on any atom is -0.353 e. The maximum atomic E-state index is 12.9. The fraction of sp³-hybridized carbons (Fsp3) is 0.350. The number of hydrogen-bond donors (Lipinski definition) is 0. The first-order valence-corrected chi connectivity index (χ1v) is 10.6. The van der Waals surface area contributed by atoms with Gasteiger partial charge < -0.3 is 9.80 Å². The fourth-order valence-electron chi connectivity index (χ4n) is 3.85. The second-order valence-corrected chi connectivity index (χ2v) is 8.94. The van der Waals surface area contributed by atoms with Crippen LogP contribution in [0.3, 0.4) is 0 Å². The molecule has 7 nitrogen and oxygen atoms in total. The molecule has 8 heteroatoms. The summed E-state index contributed by atoms with van der Waals surface area (Å²) in [6, 6.07) is 6.20. The summed E-state index contributed by atoms with van der Waals surface area (Å²) in [5.41, 5.74) is 2.06. The molecule has 2 unspecified atom stereocenters. The normalized spacial score (nSPS) is 23.9. The van der Waals surface area contributed by atoms with Gasteiger partial charge in [0.25, 0.3) is 5.91 Å². The van der Waals surface area contributed by atoms with Crippen molar-refractivity contribution in [1.82, 2.24) is 24.5 Å². The molecule has 1 aromatic carbocycles. The van der Waals surface area contributed by atoms with Gasteiger partial charge in [0.2, 0.25) is 0 Å². The molecule has 144 valence electrons. The van der Waals surface area contributed by atoms with Gasteiger partial charge in [-0.25, -0.2) is 4.99 Å². The molecular weight excluding hydrogens is 371 g/mol. The minimum atomic E-state index is 0.00769. The van der Waals surface area contributed by atoms with Crippen molar-refractivity contribution in [1.29, 1.82) is 0 Å². The number of benzene rings is 1. The van der Waals surface area contributed by atoms with Crippen molar-refractivity contribution in [2.24, 2.45) is 12.0 Å². The summed E-state index contributed by atoms with van der Waals surface area (Å²) >= 11 is 0. The molecule has 1 aromatic heterocycles. The van der Waals surface area contributed by atoms with E-state index in [0.717, 1.165) is 53.8 Å². The van der Waals surface area contributed by atoms with E-state index in [4.69, 9.17) is 4.99 Å². The molecule has 4 heterocycles. The summed E-state index contributed by atoms with van der Waals surface area (Å²) in [4.78, 5) is 24.0. The molecule has 1 saturated heterocycles. The van der Waals surface area contributed by atoms with Crippen LogP contribution >= 0.6 is 8.58 Å². The predicted molar refractivity (Wildman–Crippen MR) is 113 cm³/mol. The SMILES string of the molecule is CN1CCN(C2=CN3C(=O)C=C(c4ccc5nn(C)cc5c4)PC3C=N2)CC1. The lowest BCUT2D eigenvalue weighted by Gasteiger charge is -2.38. The largest absolute Gasteiger partial charge is 0.353 e. The summed E-state index contributed by atoms with van der Waals surface area (Å²) in [6.45, 7) is 3.93. The van der Waals surface area contributed by atoms with Crippen LogP contribution in [0, 0.1) is 0 Å². The average molecular weight is 394 g/mol. The van der Waals surface area contributed by atoms with Crippen LogP contribution in [-0.4, -0.2) is 75.6 Å². The molecule has 3 aliphatic rings. The molecule has 0 N–H and O–H groups in total. The van der Waals surface area contributed by atoms with Crippen LogP contribution < -0.4 is 0 Å². The van der Waals surface area contributed by atoms with Crippen LogP contribution in [0.4, 0.5) is 0 Å². The first kappa shape index (κ1) is 17.6. The Balaban J connectivity index is 1.40. The molecule has 2 atom stereocenters. The van der Waals surface area contributed by atoms with Crippen molar-refractivity contribution >= 4 is 36.9 Å². The highest BCUT2D eigenvalue weighted by atomic mass is 31.1. The Morgan fingerprint density at radius 2 is 1.96 bits per heavy atom. The van der Waals surface area contributed by atoms with Gasteiger partial charge in [-0.15, -0.1) is 0 Å². The van der Waals surface area contributed by atoms with E-state index >= 15 is 0 Å². The number of likely N-dealkylation sites (N-methyl/N-ethyl adjacent to an activating group) is 1. The molecule has 2 aromatic rings. The lowest BCUT2D eigenvalue weighted by molar-refractivity contribution is -0.123. The number of aromatic nitrogens is 2. The molecule has 3 aliphatic heterocycles. The van der Waals surface area contributed by atoms with E-state index < -0.39 is 0 Å². The number of carbonyl (C=O) groups is 1. The number of aliphatic imine (C=N–C) groups is 1. The summed E-state index contributed by atoms with van der Waals surface area (Å²) in [5.74, 6) is 0.937. The van der Waals surface area contributed by atoms with Gasteiger partial charge in [-0.3, -0.25) is 14.4 Å². The highest BCUT2D eigenvalue weighted by Crippen LogP contribution is 2.43. The van der Waals surface area contributed by atoms with Crippen molar-refractivity contribution in [3.8, 4) is 0 Å². The second kappa shape index (κ2) is 6.83. The molecule has 0 saturated carbocycles. The Morgan fingerprint density at radius 3 is 2.79 bits per heavy atom. The summed E-state index contributed by atoms with van der Waals surface area (Å²) in [6.07, 6.45) is 7.67. The minimum absolute atomic E-state index is 0.00769. The van der Waals surface area contributed by atoms with Gasteiger partial charge in [-0.2, -0.15) is 5.10 Å². The summed E-state index contributed by atoms with van der Waals surface area (Å²) < 4.78 is 1.82. The molecule has 0 spiro atoms. The molecular formula is C20H23N6OP. The molecule has 1 fully saturated rings. The Bertz CT molecular complexity index is 1030. The van der Waals surface area contributed by atoms with Crippen molar-refractivity contribution in [3.05, 3.63) is 48.1 Å². The quantitative estimate of drug-likeness (QED) is 0.730. The number of rotatable bonds is 2. The summed E-state index contributed by atoms with van der Waals surface area (Å²) in [5, 5.41) is 6.60. The zero-order chi connectivity index (χ0) is 19.3. The van der Waals surface area contributed by atoms with Gasteiger partial charge in [0.1, 0.15) is 5.82 Å². The number of amides is 1. The molecule has 28 heavy (non-hydrogen) atoms. The van der Waals surface area contributed by atoms with E-state index in [2.05, 4.69) is 34.1 Å². The Hall–Kier alpha value is -2.50. The maximum absolute atomic E-state index is 12.9. The van der Waals surface area contributed by atoms with Gasteiger partial charge in [0.05, 0.1) is 17.5 Å². The van der Waals surface area contributed by atoms with Crippen LogP contribution in [-0.2, 0) is 11.8 Å². The smallest absolute Gasteiger partial charge is 0.252 e. The second-order valence-electron chi connectivity index (χ2n) is 7.52. The van der Waals surface area contributed by atoms with Crippen molar-refractivity contribution in [2.75, 3.05) is 33.2 Å². The maximum Gasteiger partial charge on any atom is 0.252 e. The highest BCUT2D eigenvalue weighted by molar-refractivity contribution is 7.52. The molecule has 1 amide bonds. The third kappa shape index (κ3) is 3.15. The van der Waals surface area contributed by atoms with E-state index in [1.54, 1.807) is 6.08 Å². The van der Waals surface area contributed by atoms with Gasteiger partial charge in [0, 0.05) is 57.1 Å². The third-order valence-corrected chi connectivity index (χ3v) is 6.95. The van der Waals surface area contributed by atoms with Crippen molar-refractivity contribution in [2.45, 2.75) is 5.78 Å². The van der Waals surface area contributed by atoms with E-state index in [-0.39, 0.29) is 11.7 Å². The Labute approximate surface area is 165 Å². The fourth-order valence-corrected chi connectivity index (χ4v) is 5.18. The third-order valence-electron chi connectivity index (χ3n) is 5.49. The van der Waals surface area contributed by atoms with Crippen LogP contribution in [0.1, 0.15) is 5.56 Å². The molecule has 0 aliphatic carbocycles. The number of hydrogen-bond acceptors (Lipinski definition) is 5. The van der Waals surface area contributed by atoms with E-state index in [1.165, 1.54) is 0 Å². The number of piperazine rings is 1. The lowest BCUT2D eigenvalue weighted by Crippen LogP contribution is -2.46.